The second-order valence-electron chi connectivity index (χ2n) is 3.83. The molecule has 0 aliphatic carbocycles. The summed E-state index contributed by atoms with van der Waals surface area (Å²) in [6, 6.07) is 3.69. The number of rotatable bonds is 5. The summed E-state index contributed by atoms with van der Waals surface area (Å²) in [5, 5.41) is 0.694. The van der Waals surface area contributed by atoms with Gasteiger partial charge in [0.2, 0.25) is 0 Å². The summed E-state index contributed by atoms with van der Waals surface area (Å²) in [5.74, 6) is 0.443. The number of hydrogen-bond donors (Lipinski definition) is 0. The molecule has 1 aromatic carbocycles. The molecule has 0 aromatic heterocycles. The van der Waals surface area contributed by atoms with E-state index in [9.17, 15) is 4.79 Å². The molecule has 0 aliphatic heterocycles. The van der Waals surface area contributed by atoms with E-state index in [1.807, 2.05) is 26.0 Å². The SMILES string of the molecule is CCOC(=O)/C=C/COc1c(C)cc(Cl)cc1C. The van der Waals surface area contributed by atoms with Crippen LogP contribution in [0.25, 0.3) is 0 Å². The van der Waals surface area contributed by atoms with Gasteiger partial charge >= 0.3 is 5.97 Å². The summed E-state index contributed by atoms with van der Waals surface area (Å²) in [5.41, 5.74) is 1.95. The van der Waals surface area contributed by atoms with Gasteiger partial charge in [0.25, 0.3) is 0 Å². The Morgan fingerprint density at radius 2 is 1.94 bits per heavy atom. The van der Waals surface area contributed by atoms with Gasteiger partial charge in [0.15, 0.2) is 0 Å². The molecule has 98 valence electrons. The zero-order valence-electron chi connectivity index (χ0n) is 10.8. The van der Waals surface area contributed by atoms with Crippen LogP contribution in [0.15, 0.2) is 24.3 Å². The molecule has 3 nitrogen and oxygen atoms in total. The van der Waals surface area contributed by atoms with Crippen LogP contribution in [0.3, 0.4) is 0 Å². The van der Waals surface area contributed by atoms with Crippen LogP contribution in [0, 0.1) is 13.8 Å². The Balaban J connectivity index is 2.57. The molecular formula is C14H17ClO3. The third-order valence-corrected chi connectivity index (χ3v) is 2.51. The second-order valence-corrected chi connectivity index (χ2v) is 4.27. The molecule has 0 aliphatic rings. The largest absolute Gasteiger partial charge is 0.489 e. The van der Waals surface area contributed by atoms with Crippen molar-refractivity contribution in [2.45, 2.75) is 20.8 Å². The van der Waals surface area contributed by atoms with Crippen molar-refractivity contribution in [2.75, 3.05) is 13.2 Å². The first-order valence-electron chi connectivity index (χ1n) is 5.77. The van der Waals surface area contributed by atoms with Gasteiger partial charge in [0, 0.05) is 11.1 Å². The average Bonchev–Trinajstić information content (AvgIpc) is 2.27. The standard InChI is InChI=1S/C14H17ClO3/c1-4-17-13(16)6-5-7-18-14-10(2)8-12(15)9-11(14)3/h5-6,8-9H,4,7H2,1-3H3/b6-5+. The fraction of sp³-hybridized carbons (Fsp3) is 0.357. The van der Waals surface area contributed by atoms with Gasteiger partial charge in [-0.1, -0.05) is 11.6 Å². The van der Waals surface area contributed by atoms with Crippen molar-refractivity contribution in [3.05, 3.63) is 40.4 Å². The molecule has 1 rings (SSSR count). The van der Waals surface area contributed by atoms with Crippen LogP contribution in [0.4, 0.5) is 0 Å². The third-order valence-electron chi connectivity index (χ3n) is 2.29. The molecule has 0 amide bonds. The number of esters is 1. The topological polar surface area (TPSA) is 35.5 Å². The predicted octanol–water partition coefficient (Wildman–Crippen LogP) is 3.45. The minimum atomic E-state index is -0.356. The minimum Gasteiger partial charge on any atom is -0.489 e. The summed E-state index contributed by atoms with van der Waals surface area (Å²) < 4.78 is 10.4. The van der Waals surface area contributed by atoms with Crippen molar-refractivity contribution in [1.29, 1.82) is 0 Å². The molecule has 0 radical (unpaired) electrons. The van der Waals surface area contributed by atoms with E-state index in [1.54, 1.807) is 13.0 Å². The van der Waals surface area contributed by atoms with Gasteiger partial charge in [-0.3, -0.25) is 0 Å². The van der Waals surface area contributed by atoms with E-state index in [4.69, 9.17) is 21.1 Å². The van der Waals surface area contributed by atoms with Crippen molar-refractivity contribution in [2.24, 2.45) is 0 Å². The first kappa shape index (κ1) is 14.6. The summed E-state index contributed by atoms with van der Waals surface area (Å²) in [7, 11) is 0. The van der Waals surface area contributed by atoms with Crippen molar-refractivity contribution < 1.29 is 14.3 Å². The zero-order valence-corrected chi connectivity index (χ0v) is 11.6. The van der Waals surface area contributed by atoms with Crippen molar-refractivity contribution in [3.63, 3.8) is 0 Å². The van der Waals surface area contributed by atoms with Crippen LogP contribution in [0.2, 0.25) is 5.02 Å². The lowest BCUT2D eigenvalue weighted by Crippen LogP contribution is -2.02. The first-order valence-corrected chi connectivity index (χ1v) is 6.15. The summed E-state index contributed by atoms with van der Waals surface area (Å²) >= 11 is 5.93. The first-order chi connectivity index (χ1) is 8.54. The van der Waals surface area contributed by atoms with Crippen molar-refractivity contribution >= 4 is 17.6 Å². The molecule has 0 N–H and O–H groups in total. The highest BCUT2D eigenvalue weighted by Crippen LogP contribution is 2.26. The van der Waals surface area contributed by atoms with E-state index in [0.29, 0.717) is 18.2 Å². The van der Waals surface area contributed by atoms with Gasteiger partial charge in [-0.25, -0.2) is 4.79 Å². The Morgan fingerprint density at radius 3 is 2.50 bits per heavy atom. The lowest BCUT2D eigenvalue weighted by atomic mass is 10.1. The molecule has 0 saturated heterocycles. The van der Waals surface area contributed by atoms with Crippen LogP contribution in [-0.4, -0.2) is 19.2 Å². The van der Waals surface area contributed by atoms with Crippen LogP contribution in [0.1, 0.15) is 18.1 Å². The average molecular weight is 269 g/mol. The van der Waals surface area contributed by atoms with Gasteiger partial charge < -0.3 is 9.47 Å². The van der Waals surface area contributed by atoms with Gasteiger partial charge in [-0.15, -0.1) is 0 Å². The van der Waals surface area contributed by atoms with E-state index in [0.717, 1.165) is 16.9 Å². The maximum Gasteiger partial charge on any atom is 0.330 e. The second kappa shape index (κ2) is 7.07. The molecule has 0 fully saturated rings. The molecule has 0 unspecified atom stereocenters. The highest BCUT2D eigenvalue weighted by atomic mass is 35.5. The third kappa shape index (κ3) is 4.41. The number of carbonyl (C=O) groups is 1. The summed E-state index contributed by atoms with van der Waals surface area (Å²) in [6.07, 6.45) is 3.00. The summed E-state index contributed by atoms with van der Waals surface area (Å²) in [6.45, 7) is 6.33. The van der Waals surface area contributed by atoms with E-state index in [1.165, 1.54) is 6.08 Å². The predicted molar refractivity (Wildman–Crippen MR) is 72.2 cm³/mol. The van der Waals surface area contributed by atoms with E-state index in [-0.39, 0.29) is 5.97 Å². The number of halogens is 1. The van der Waals surface area contributed by atoms with Crippen LogP contribution >= 0.6 is 11.6 Å². The molecule has 4 heteroatoms. The van der Waals surface area contributed by atoms with Gasteiger partial charge in [-0.05, 0) is 50.1 Å². The molecule has 1 aromatic rings. The van der Waals surface area contributed by atoms with Crippen LogP contribution < -0.4 is 4.74 Å². The van der Waals surface area contributed by atoms with Gasteiger partial charge in [0.1, 0.15) is 12.4 Å². The van der Waals surface area contributed by atoms with Crippen LogP contribution in [-0.2, 0) is 9.53 Å². The Hall–Kier alpha value is -1.48. The molecule has 18 heavy (non-hydrogen) atoms. The normalized spacial score (nSPS) is 10.7. The van der Waals surface area contributed by atoms with Gasteiger partial charge in [0.05, 0.1) is 6.61 Å². The number of ether oxygens (including phenoxy) is 2. The molecule has 0 spiro atoms. The van der Waals surface area contributed by atoms with Crippen molar-refractivity contribution in [3.8, 4) is 5.75 Å². The Kier molecular flexibility index (Phi) is 5.72. The number of benzene rings is 1. The number of carbonyl (C=O) groups excluding carboxylic acids is 1. The molecule has 0 bridgehead atoms. The highest BCUT2D eigenvalue weighted by Gasteiger charge is 2.04. The van der Waals surface area contributed by atoms with Gasteiger partial charge in [-0.2, -0.15) is 0 Å². The lowest BCUT2D eigenvalue weighted by Gasteiger charge is -2.10. The van der Waals surface area contributed by atoms with Crippen LogP contribution in [0.5, 0.6) is 5.75 Å². The van der Waals surface area contributed by atoms with E-state index >= 15 is 0 Å². The maximum atomic E-state index is 11.1. The Labute approximate surface area is 112 Å². The maximum absolute atomic E-state index is 11.1. The fourth-order valence-electron chi connectivity index (χ4n) is 1.59. The fourth-order valence-corrected chi connectivity index (χ4v) is 1.92. The van der Waals surface area contributed by atoms with E-state index < -0.39 is 0 Å². The molecule has 0 atom stereocenters. The molecule has 0 saturated carbocycles. The molecular weight excluding hydrogens is 252 g/mol. The summed E-state index contributed by atoms with van der Waals surface area (Å²) in [4.78, 5) is 11.1. The zero-order chi connectivity index (χ0) is 13.5. The molecule has 0 heterocycles. The lowest BCUT2D eigenvalue weighted by molar-refractivity contribution is -0.137. The number of aryl methyl sites for hydroxylation is 2. The Bertz CT molecular complexity index is 429. The Morgan fingerprint density at radius 1 is 1.33 bits per heavy atom. The van der Waals surface area contributed by atoms with E-state index in [2.05, 4.69) is 0 Å². The van der Waals surface area contributed by atoms with Crippen molar-refractivity contribution in [1.82, 2.24) is 0 Å². The number of hydrogen-bond acceptors (Lipinski definition) is 3. The quantitative estimate of drug-likeness (QED) is 0.606. The smallest absolute Gasteiger partial charge is 0.330 e. The highest BCUT2D eigenvalue weighted by molar-refractivity contribution is 6.30. The minimum absolute atomic E-state index is 0.322. The monoisotopic (exact) mass is 268 g/mol.